The molecule has 0 amide bonds. The second-order valence-corrected chi connectivity index (χ2v) is 5.13. The van der Waals surface area contributed by atoms with E-state index in [1.54, 1.807) is 6.07 Å². The van der Waals surface area contributed by atoms with Gasteiger partial charge in [-0.1, -0.05) is 13.0 Å². The zero-order valence-corrected chi connectivity index (χ0v) is 11.7. The fraction of sp³-hybridized carbons (Fsp3) is 0.600. The number of morpholine rings is 1. The molecule has 1 saturated heterocycles. The Kier molecular flexibility index (Phi) is 4.77. The van der Waals surface area contributed by atoms with E-state index in [0.717, 1.165) is 24.2 Å². The Labute approximate surface area is 114 Å². The van der Waals surface area contributed by atoms with Gasteiger partial charge in [-0.2, -0.15) is 0 Å². The number of nitrogens with zero attached hydrogens (tertiary/aromatic N) is 1. The SMILES string of the molecule is CCC1COC(C)CN1c1cccc(F)c1CCN. The van der Waals surface area contributed by atoms with Crippen LogP contribution in [0.1, 0.15) is 25.8 Å². The standard InChI is InChI=1S/C15H23FN2O/c1-3-12-10-19-11(2)9-18(12)15-6-4-5-14(16)13(15)7-8-17/h4-6,11-12H,3,7-10,17H2,1-2H3. The van der Waals surface area contributed by atoms with Crippen molar-refractivity contribution in [2.24, 2.45) is 5.73 Å². The van der Waals surface area contributed by atoms with E-state index in [2.05, 4.69) is 18.7 Å². The summed E-state index contributed by atoms with van der Waals surface area (Å²) in [4.78, 5) is 2.28. The third-order valence-corrected chi connectivity index (χ3v) is 3.74. The van der Waals surface area contributed by atoms with Crippen molar-refractivity contribution >= 4 is 5.69 Å². The monoisotopic (exact) mass is 266 g/mol. The minimum absolute atomic E-state index is 0.156. The van der Waals surface area contributed by atoms with E-state index in [1.165, 1.54) is 6.07 Å². The van der Waals surface area contributed by atoms with Crippen LogP contribution in [0, 0.1) is 5.82 Å². The first-order valence-electron chi connectivity index (χ1n) is 7.03. The number of nitrogens with two attached hydrogens (primary N) is 1. The quantitative estimate of drug-likeness (QED) is 0.909. The van der Waals surface area contributed by atoms with Crippen LogP contribution in [0.3, 0.4) is 0 Å². The summed E-state index contributed by atoms with van der Waals surface area (Å²) in [5.74, 6) is -0.156. The van der Waals surface area contributed by atoms with Gasteiger partial charge < -0.3 is 15.4 Å². The highest BCUT2D eigenvalue weighted by molar-refractivity contribution is 5.55. The Morgan fingerprint density at radius 2 is 2.26 bits per heavy atom. The molecule has 0 aliphatic carbocycles. The predicted octanol–water partition coefficient (Wildman–Crippen LogP) is 2.33. The first-order chi connectivity index (χ1) is 9.17. The van der Waals surface area contributed by atoms with Crippen LogP contribution < -0.4 is 10.6 Å². The third kappa shape index (κ3) is 3.07. The molecule has 3 nitrogen and oxygen atoms in total. The number of anilines is 1. The summed E-state index contributed by atoms with van der Waals surface area (Å²) in [6.45, 7) is 6.17. The molecule has 2 unspecified atom stereocenters. The molecule has 0 radical (unpaired) electrons. The molecule has 19 heavy (non-hydrogen) atoms. The maximum absolute atomic E-state index is 14.0. The van der Waals surface area contributed by atoms with E-state index < -0.39 is 0 Å². The molecule has 106 valence electrons. The lowest BCUT2D eigenvalue weighted by molar-refractivity contribution is 0.0298. The van der Waals surface area contributed by atoms with Crippen LogP contribution in [0.15, 0.2) is 18.2 Å². The van der Waals surface area contributed by atoms with Crippen molar-refractivity contribution in [2.75, 3.05) is 24.6 Å². The number of rotatable bonds is 4. The molecule has 0 saturated carbocycles. The molecule has 1 heterocycles. The van der Waals surface area contributed by atoms with Crippen molar-refractivity contribution in [3.05, 3.63) is 29.6 Å². The van der Waals surface area contributed by atoms with Gasteiger partial charge in [-0.25, -0.2) is 4.39 Å². The fourth-order valence-corrected chi connectivity index (χ4v) is 2.69. The van der Waals surface area contributed by atoms with Gasteiger partial charge in [0, 0.05) is 17.8 Å². The van der Waals surface area contributed by atoms with Crippen LogP contribution in [0.2, 0.25) is 0 Å². The van der Waals surface area contributed by atoms with Gasteiger partial charge in [-0.3, -0.25) is 0 Å². The Morgan fingerprint density at radius 1 is 1.47 bits per heavy atom. The first kappa shape index (κ1) is 14.3. The van der Waals surface area contributed by atoms with Crippen LogP contribution in [-0.2, 0) is 11.2 Å². The van der Waals surface area contributed by atoms with Crippen LogP contribution in [0.25, 0.3) is 0 Å². The minimum atomic E-state index is -0.156. The van der Waals surface area contributed by atoms with Gasteiger partial charge >= 0.3 is 0 Å². The highest BCUT2D eigenvalue weighted by Crippen LogP contribution is 2.29. The lowest BCUT2D eigenvalue weighted by Crippen LogP contribution is -2.49. The van der Waals surface area contributed by atoms with Gasteiger partial charge in [0.25, 0.3) is 0 Å². The fourth-order valence-electron chi connectivity index (χ4n) is 2.69. The Bertz CT molecular complexity index is 425. The predicted molar refractivity (Wildman–Crippen MR) is 76.0 cm³/mol. The Morgan fingerprint density at radius 3 is 2.95 bits per heavy atom. The maximum atomic E-state index is 14.0. The number of benzene rings is 1. The lowest BCUT2D eigenvalue weighted by atomic mass is 10.0. The maximum Gasteiger partial charge on any atom is 0.128 e. The van der Waals surface area contributed by atoms with E-state index in [4.69, 9.17) is 10.5 Å². The molecule has 0 aromatic heterocycles. The van der Waals surface area contributed by atoms with Crippen LogP contribution in [0.5, 0.6) is 0 Å². The minimum Gasteiger partial charge on any atom is -0.375 e. The highest BCUT2D eigenvalue weighted by Gasteiger charge is 2.27. The van der Waals surface area contributed by atoms with Gasteiger partial charge in [0.05, 0.1) is 18.8 Å². The molecule has 2 rings (SSSR count). The van der Waals surface area contributed by atoms with E-state index in [9.17, 15) is 4.39 Å². The van der Waals surface area contributed by atoms with Crippen molar-refractivity contribution < 1.29 is 9.13 Å². The summed E-state index contributed by atoms with van der Waals surface area (Å²) in [7, 11) is 0. The van der Waals surface area contributed by atoms with Gasteiger partial charge in [0.2, 0.25) is 0 Å². The first-order valence-corrected chi connectivity index (χ1v) is 7.03. The topological polar surface area (TPSA) is 38.5 Å². The molecule has 1 fully saturated rings. The molecule has 4 heteroatoms. The van der Waals surface area contributed by atoms with Gasteiger partial charge in [0.1, 0.15) is 5.82 Å². The molecule has 0 bridgehead atoms. The summed E-state index contributed by atoms with van der Waals surface area (Å²) < 4.78 is 19.7. The molecule has 0 spiro atoms. The highest BCUT2D eigenvalue weighted by atomic mass is 19.1. The second kappa shape index (κ2) is 6.35. The number of hydrogen-bond acceptors (Lipinski definition) is 3. The summed E-state index contributed by atoms with van der Waals surface area (Å²) in [6.07, 6.45) is 1.74. The summed E-state index contributed by atoms with van der Waals surface area (Å²) >= 11 is 0. The average molecular weight is 266 g/mol. The second-order valence-electron chi connectivity index (χ2n) is 5.13. The van der Waals surface area contributed by atoms with Crippen molar-refractivity contribution in [3.63, 3.8) is 0 Å². The summed E-state index contributed by atoms with van der Waals surface area (Å²) in [5, 5.41) is 0. The number of hydrogen-bond donors (Lipinski definition) is 1. The van der Waals surface area contributed by atoms with E-state index in [1.807, 2.05) is 6.07 Å². The molecule has 2 N–H and O–H groups in total. The van der Waals surface area contributed by atoms with Crippen molar-refractivity contribution in [1.29, 1.82) is 0 Å². The van der Waals surface area contributed by atoms with Gasteiger partial charge in [0.15, 0.2) is 0 Å². The normalized spacial score (nSPS) is 23.7. The zero-order chi connectivity index (χ0) is 13.8. The van der Waals surface area contributed by atoms with E-state index >= 15 is 0 Å². The lowest BCUT2D eigenvalue weighted by Gasteiger charge is -2.41. The molecule has 1 aromatic rings. The smallest absolute Gasteiger partial charge is 0.128 e. The van der Waals surface area contributed by atoms with Crippen LogP contribution >= 0.6 is 0 Å². The molecule has 2 atom stereocenters. The summed E-state index contributed by atoms with van der Waals surface area (Å²) in [6, 6.07) is 5.60. The molecule has 1 aromatic carbocycles. The van der Waals surface area contributed by atoms with Crippen molar-refractivity contribution in [1.82, 2.24) is 0 Å². The third-order valence-electron chi connectivity index (χ3n) is 3.74. The zero-order valence-electron chi connectivity index (χ0n) is 11.7. The van der Waals surface area contributed by atoms with Crippen LogP contribution in [0.4, 0.5) is 10.1 Å². The van der Waals surface area contributed by atoms with Crippen LogP contribution in [-0.4, -0.2) is 31.8 Å². The van der Waals surface area contributed by atoms with E-state index in [0.29, 0.717) is 25.6 Å². The Hall–Kier alpha value is -1.13. The molecule has 1 aliphatic heterocycles. The van der Waals surface area contributed by atoms with Crippen molar-refractivity contribution in [3.8, 4) is 0 Å². The van der Waals surface area contributed by atoms with Gasteiger partial charge in [-0.05, 0) is 38.4 Å². The average Bonchev–Trinajstić information content (AvgIpc) is 2.41. The van der Waals surface area contributed by atoms with Crippen molar-refractivity contribution in [2.45, 2.75) is 38.8 Å². The Balaban J connectivity index is 2.35. The number of ether oxygens (including phenoxy) is 1. The van der Waals surface area contributed by atoms with Gasteiger partial charge in [-0.15, -0.1) is 0 Å². The number of halogens is 1. The molecular weight excluding hydrogens is 243 g/mol. The largest absolute Gasteiger partial charge is 0.375 e. The molecular formula is C15H23FN2O. The molecule has 1 aliphatic rings. The van der Waals surface area contributed by atoms with E-state index in [-0.39, 0.29) is 11.9 Å². The summed E-state index contributed by atoms with van der Waals surface area (Å²) in [5.41, 5.74) is 7.33.